The van der Waals surface area contributed by atoms with E-state index in [2.05, 4.69) is 25.0 Å². The van der Waals surface area contributed by atoms with E-state index >= 15 is 0 Å². The minimum absolute atomic E-state index is 0.0182. The lowest BCUT2D eigenvalue weighted by Gasteiger charge is -2.37. The molecule has 17 heteroatoms. The van der Waals surface area contributed by atoms with Crippen LogP contribution in [-0.2, 0) is 31.3 Å². The Hall–Kier alpha value is -5.32. The van der Waals surface area contributed by atoms with Gasteiger partial charge in [0.2, 0.25) is 5.79 Å². The zero-order valence-corrected chi connectivity index (χ0v) is 30.4. The Bertz CT molecular complexity index is 2090. The van der Waals surface area contributed by atoms with E-state index < -0.39 is 41.6 Å². The van der Waals surface area contributed by atoms with E-state index in [0.717, 1.165) is 49.7 Å². The molecule has 4 atom stereocenters. The van der Waals surface area contributed by atoms with Crippen LogP contribution in [0.2, 0.25) is 0 Å². The number of alkyl halides is 1. The quantitative estimate of drug-likeness (QED) is 0.126. The summed E-state index contributed by atoms with van der Waals surface area (Å²) in [5.41, 5.74) is 2.51. The third-order valence-electron chi connectivity index (χ3n) is 9.63. The van der Waals surface area contributed by atoms with Gasteiger partial charge in [0.05, 0.1) is 18.3 Å². The van der Waals surface area contributed by atoms with E-state index in [-0.39, 0.29) is 36.9 Å². The number of carbonyl (C=O) groups is 1. The lowest BCUT2D eigenvalue weighted by molar-refractivity contribution is -0.192. The van der Waals surface area contributed by atoms with Crippen molar-refractivity contribution in [3.63, 3.8) is 0 Å². The predicted molar refractivity (Wildman–Crippen MR) is 194 cm³/mol. The van der Waals surface area contributed by atoms with Crippen molar-refractivity contribution in [2.24, 2.45) is 0 Å². The summed E-state index contributed by atoms with van der Waals surface area (Å²) in [5.74, 6) is -3.18. The first kappa shape index (κ1) is 37.0. The maximum absolute atomic E-state index is 14.9. The van der Waals surface area contributed by atoms with Gasteiger partial charge < -0.3 is 28.7 Å². The van der Waals surface area contributed by atoms with Crippen molar-refractivity contribution in [3.05, 3.63) is 113 Å². The molecule has 0 amide bonds. The Labute approximate surface area is 314 Å². The molecule has 0 spiro atoms. The molecule has 14 nitrogen and oxygen atoms in total. The van der Waals surface area contributed by atoms with Gasteiger partial charge in [0.25, 0.3) is 0 Å². The third kappa shape index (κ3) is 7.95. The molecule has 7 rings (SSSR count). The molecule has 0 bridgehead atoms. The van der Waals surface area contributed by atoms with E-state index in [1.807, 2.05) is 48.5 Å². The van der Waals surface area contributed by atoms with Crippen LogP contribution in [0, 0.1) is 11.6 Å². The van der Waals surface area contributed by atoms with Crippen LogP contribution in [0.3, 0.4) is 0 Å². The van der Waals surface area contributed by atoms with Gasteiger partial charge in [0.15, 0.2) is 0 Å². The summed E-state index contributed by atoms with van der Waals surface area (Å²) in [7, 11) is 0. The summed E-state index contributed by atoms with van der Waals surface area (Å²) in [6, 6.07) is 18.4. The van der Waals surface area contributed by atoms with Gasteiger partial charge in [-0.1, -0.05) is 0 Å². The highest BCUT2D eigenvalue weighted by Gasteiger charge is 2.46. The minimum Gasteiger partial charge on any atom is -0.491 e. The molecule has 3 aromatic carbocycles. The van der Waals surface area contributed by atoms with E-state index in [0.29, 0.717) is 11.4 Å². The normalized spacial score (nSPS) is 19.8. The number of carbonyl (C=O) groups excluding carboxylic acids is 1. The van der Waals surface area contributed by atoms with Crippen molar-refractivity contribution in [2.45, 2.75) is 44.4 Å². The molecule has 4 heterocycles. The van der Waals surface area contributed by atoms with Gasteiger partial charge in [-0.3, -0.25) is 4.79 Å². The fraction of sp³-hybridized carbons (Fsp3) is 0.378. The molecule has 0 saturated carbocycles. The number of benzene rings is 3. The van der Waals surface area contributed by atoms with Gasteiger partial charge in [-0.2, -0.15) is 10.2 Å². The molecule has 284 valence electrons. The molecular formula is C37H39ClF2N8O6. The second kappa shape index (κ2) is 16.0. The second-order valence-electron chi connectivity index (χ2n) is 13.1. The molecule has 2 saturated heterocycles. The lowest BCUT2D eigenvalue weighted by atomic mass is 10.0. The molecule has 0 N–H and O–H groups in total. The Balaban J connectivity index is 0.911. The monoisotopic (exact) mass is 764 g/mol. The van der Waals surface area contributed by atoms with Gasteiger partial charge in [0.1, 0.15) is 67.6 Å². The highest BCUT2D eigenvalue weighted by molar-refractivity contribution is 6.26. The van der Waals surface area contributed by atoms with Gasteiger partial charge in [-0.05, 0) is 74.5 Å². The van der Waals surface area contributed by atoms with Crippen molar-refractivity contribution in [1.29, 1.82) is 0 Å². The second-order valence-corrected chi connectivity index (χ2v) is 13.4. The van der Waals surface area contributed by atoms with Gasteiger partial charge >= 0.3 is 11.7 Å². The first-order valence-electron chi connectivity index (χ1n) is 17.5. The number of piperazine rings is 1. The maximum atomic E-state index is 14.9. The maximum Gasteiger partial charge on any atom is 0.350 e. The Kier molecular flexibility index (Phi) is 10.9. The molecule has 0 radical (unpaired) electrons. The summed E-state index contributed by atoms with van der Waals surface area (Å²) in [6.45, 7) is 6.97. The van der Waals surface area contributed by atoms with Crippen LogP contribution in [0.5, 0.6) is 5.75 Å². The number of anilines is 2. The molecule has 2 fully saturated rings. The first-order valence-corrected chi connectivity index (χ1v) is 18.0. The molecule has 5 aromatic rings. The summed E-state index contributed by atoms with van der Waals surface area (Å²) >= 11 is 5.54. The van der Waals surface area contributed by atoms with Gasteiger partial charge in [-0.25, -0.2) is 32.5 Å². The third-order valence-corrected chi connectivity index (χ3v) is 9.85. The minimum atomic E-state index is -1.53. The number of esters is 1. The van der Waals surface area contributed by atoms with E-state index in [4.69, 9.17) is 30.5 Å². The molecule has 2 aliphatic heterocycles. The number of nitrogens with zero attached hydrogens (tertiary/aromatic N) is 8. The molecule has 54 heavy (non-hydrogen) atoms. The van der Waals surface area contributed by atoms with Gasteiger partial charge in [-0.15, -0.1) is 11.6 Å². The number of halogens is 3. The Morgan fingerprint density at radius 3 is 2.24 bits per heavy atom. The van der Waals surface area contributed by atoms with Crippen molar-refractivity contribution in [2.75, 3.05) is 55.1 Å². The van der Waals surface area contributed by atoms with Crippen LogP contribution >= 0.6 is 11.6 Å². The van der Waals surface area contributed by atoms with Crippen LogP contribution in [0.25, 0.3) is 5.69 Å². The van der Waals surface area contributed by atoms with E-state index in [9.17, 15) is 18.4 Å². The SMILES string of the molecule is CC(OC(=O)CCl)C(C)n1ncn(-c2ccc(N3CCN(c4ccc(OCC5COC(Cn6cncn6)(c6ccc(F)cc6F)O5)cc4)CC3)cc2)c1=O. The Morgan fingerprint density at radius 1 is 0.944 bits per heavy atom. The fourth-order valence-electron chi connectivity index (χ4n) is 6.58. The van der Waals surface area contributed by atoms with Crippen LogP contribution in [0.4, 0.5) is 20.2 Å². The van der Waals surface area contributed by atoms with Crippen molar-refractivity contribution < 1.29 is 32.5 Å². The standard InChI is InChI=1S/C37H39ClF2N8O6/c1-25(26(2)53-35(49)18-38)48-36(50)47(24-43-48)30-6-4-28(5-7-30)44-13-15-45(16-14-44)29-8-10-31(11-9-29)51-19-32-20-52-37(54-32,21-46-23-41-22-42-46)33-12-3-27(39)17-34(33)40/h3-12,17,22-26,32H,13-16,18-21H2,1-2H3. The zero-order valence-electron chi connectivity index (χ0n) is 29.6. The van der Waals surface area contributed by atoms with E-state index in [1.54, 1.807) is 13.8 Å². The molecule has 2 aromatic heterocycles. The number of hydrogen-bond donors (Lipinski definition) is 0. The summed E-state index contributed by atoms with van der Waals surface area (Å²) in [6.07, 6.45) is 3.18. The fourth-order valence-corrected chi connectivity index (χ4v) is 6.64. The largest absolute Gasteiger partial charge is 0.491 e. The smallest absolute Gasteiger partial charge is 0.350 e. The zero-order chi connectivity index (χ0) is 37.8. The summed E-state index contributed by atoms with van der Waals surface area (Å²) in [5, 5.41) is 8.34. The van der Waals surface area contributed by atoms with Gasteiger partial charge in [0, 0.05) is 49.2 Å². The van der Waals surface area contributed by atoms with Crippen molar-refractivity contribution in [1.82, 2.24) is 29.1 Å². The number of hydrogen-bond acceptors (Lipinski definition) is 11. The molecule has 2 aliphatic rings. The highest BCUT2D eigenvalue weighted by Crippen LogP contribution is 2.38. The average Bonchev–Trinajstić information content (AvgIpc) is 3.95. The molecule has 4 unspecified atom stereocenters. The first-order chi connectivity index (χ1) is 26.1. The summed E-state index contributed by atoms with van der Waals surface area (Å²) in [4.78, 5) is 33.2. The van der Waals surface area contributed by atoms with Crippen LogP contribution in [0.15, 0.2) is 90.5 Å². The Morgan fingerprint density at radius 2 is 1.61 bits per heavy atom. The highest BCUT2D eigenvalue weighted by atomic mass is 35.5. The number of aromatic nitrogens is 6. The summed E-state index contributed by atoms with van der Waals surface area (Å²) < 4.78 is 56.4. The van der Waals surface area contributed by atoms with E-state index in [1.165, 1.54) is 39.0 Å². The van der Waals surface area contributed by atoms with Crippen LogP contribution < -0.4 is 20.2 Å². The topological polar surface area (TPSA) is 131 Å². The molecular weight excluding hydrogens is 726 g/mol. The van der Waals surface area contributed by atoms with Crippen molar-refractivity contribution >= 4 is 28.9 Å². The van der Waals surface area contributed by atoms with Crippen LogP contribution in [-0.4, -0.2) is 92.6 Å². The number of ether oxygens (including phenoxy) is 4. The lowest BCUT2D eigenvalue weighted by Crippen LogP contribution is -2.46. The predicted octanol–water partition coefficient (Wildman–Crippen LogP) is 4.31. The average molecular weight is 765 g/mol. The number of rotatable bonds is 13. The molecule has 0 aliphatic carbocycles. The van der Waals surface area contributed by atoms with Crippen molar-refractivity contribution in [3.8, 4) is 11.4 Å². The van der Waals surface area contributed by atoms with Crippen LogP contribution in [0.1, 0.15) is 25.5 Å².